The number of aliphatic carboxylic acids is 4. The number of imidazole rings is 1. The van der Waals surface area contributed by atoms with E-state index in [0.717, 1.165) is 37.4 Å². The Morgan fingerprint density at radius 1 is 0.450 bits per heavy atom. The van der Waals surface area contributed by atoms with Gasteiger partial charge in [0.05, 0.1) is 55.0 Å². The average molecular weight is 1980 g/mol. The highest BCUT2D eigenvalue weighted by Gasteiger charge is 2.44. The number of carboxylic acids is 4. The van der Waals surface area contributed by atoms with Crippen LogP contribution in [0.15, 0.2) is 104 Å². The summed E-state index contributed by atoms with van der Waals surface area (Å²) in [4.78, 5) is 285. The molecular formula is C92H134N20O27S. The van der Waals surface area contributed by atoms with Crippen molar-refractivity contribution in [2.75, 3.05) is 29.9 Å². The number of hydrogen-bond acceptors (Lipinski definition) is 27. The Bertz CT molecular complexity index is 4850. The third-order valence-corrected chi connectivity index (χ3v) is 23.5. The van der Waals surface area contributed by atoms with Crippen molar-refractivity contribution in [1.82, 2.24) is 89.3 Å². The van der Waals surface area contributed by atoms with Gasteiger partial charge in [0.1, 0.15) is 90.6 Å². The zero-order valence-corrected chi connectivity index (χ0v) is 80.5. The van der Waals surface area contributed by atoms with Gasteiger partial charge in [0.2, 0.25) is 94.5 Å². The van der Waals surface area contributed by atoms with Gasteiger partial charge in [0, 0.05) is 49.9 Å². The van der Waals surface area contributed by atoms with Crippen molar-refractivity contribution in [1.29, 1.82) is 0 Å². The summed E-state index contributed by atoms with van der Waals surface area (Å²) in [6, 6.07) is -2.21. The van der Waals surface area contributed by atoms with Crippen LogP contribution >= 0.6 is 11.8 Å². The average Bonchev–Trinajstić information content (AvgIpc) is 1.66. The number of nitrogens with one attached hydrogen (secondary N) is 16. The molecule has 20 atom stereocenters. The van der Waals surface area contributed by atoms with Crippen LogP contribution in [0.25, 0.3) is 0 Å². The number of anilines is 1. The van der Waals surface area contributed by atoms with Crippen molar-refractivity contribution in [3.63, 3.8) is 0 Å². The predicted molar refractivity (Wildman–Crippen MR) is 506 cm³/mol. The molecule has 1 saturated heterocycles. The summed E-state index contributed by atoms with van der Waals surface area (Å²) in [5.74, 6) is -25.8. The van der Waals surface area contributed by atoms with Crippen molar-refractivity contribution >= 4 is 136 Å². The third-order valence-electron chi connectivity index (χ3n) is 22.5. The lowest BCUT2D eigenvalue weighted by Gasteiger charge is -2.32. The smallest absolute Gasteiger partial charge is 0.326 e. The summed E-state index contributed by atoms with van der Waals surface area (Å²) in [5.41, 5.74) is 13.4. The molecule has 1 aromatic heterocycles. The molecule has 770 valence electrons. The Labute approximate surface area is 813 Å². The Balaban J connectivity index is 1.37. The van der Waals surface area contributed by atoms with Gasteiger partial charge < -0.3 is 137 Å². The molecule has 5 rings (SSSR count). The van der Waals surface area contributed by atoms with Gasteiger partial charge in [-0.05, 0) is 127 Å². The van der Waals surface area contributed by atoms with E-state index >= 15 is 0 Å². The van der Waals surface area contributed by atoms with E-state index in [4.69, 9.17) is 11.5 Å². The lowest BCUT2D eigenvalue weighted by molar-refractivity contribution is -0.145. The van der Waals surface area contributed by atoms with Gasteiger partial charge >= 0.3 is 23.9 Å². The van der Waals surface area contributed by atoms with Crippen molar-refractivity contribution in [2.24, 2.45) is 29.2 Å². The number of benzene rings is 3. The Hall–Kier alpha value is -13.6. The molecule has 4 aromatic rings. The number of carbonyl (C=O) groups is 20. The molecule has 1 aliphatic rings. The van der Waals surface area contributed by atoms with Gasteiger partial charge in [-0.3, -0.25) is 91.1 Å². The van der Waals surface area contributed by atoms with Crippen LogP contribution in [0.2, 0.25) is 0 Å². The summed E-state index contributed by atoms with van der Waals surface area (Å²) in [6.45, 7) is 14.5. The Morgan fingerprint density at radius 3 is 1.35 bits per heavy atom. The van der Waals surface area contributed by atoms with E-state index in [9.17, 15) is 132 Å². The summed E-state index contributed by atoms with van der Waals surface area (Å²) < 4.78 is 0. The summed E-state index contributed by atoms with van der Waals surface area (Å²) in [7, 11) is 0. The lowest BCUT2D eigenvalue weighted by Crippen LogP contribution is -2.63. The fourth-order valence-electron chi connectivity index (χ4n) is 14.7. The first-order valence-corrected chi connectivity index (χ1v) is 47.2. The number of aliphatic hydroxyl groups excluding tert-OH is 3. The van der Waals surface area contributed by atoms with E-state index in [1.54, 1.807) is 112 Å². The van der Waals surface area contributed by atoms with Crippen LogP contribution < -0.4 is 91.2 Å². The van der Waals surface area contributed by atoms with Crippen molar-refractivity contribution < 1.29 is 132 Å². The first-order chi connectivity index (χ1) is 66.1. The van der Waals surface area contributed by atoms with Gasteiger partial charge in [0.25, 0.3) is 0 Å². The number of H-pyrrole nitrogens is 1. The van der Waals surface area contributed by atoms with Crippen LogP contribution in [-0.4, -0.2) is 309 Å². The molecule has 3 aromatic carbocycles. The first-order valence-electron chi connectivity index (χ1n) is 46.0. The fourth-order valence-corrected chi connectivity index (χ4v) is 15.6. The number of nitrogens with zero attached hydrogens (tertiary/aromatic N) is 2. The molecule has 0 aliphatic carbocycles. The molecule has 16 amide bonds. The largest absolute Gasteiger partial charge is 0.481 e. The Kier molecular flexibility index (Phi) is 49.3. The van der Waals surface area contributed by atoms with E-state index in [-0.39, 0.29) is 88.2 Å². The number of aliphatic hydroxyl groups is 3. The molecular weight excluding hydrogens is 1850 g/mol. The molecule has 0 spiro atoms. The predicted octanol–water partition coefficient (Wildman–Crippen LogP) is -3.76. The van der Waals surface area contributed by atoms with Crippen molar-refractivity contribution in [2.45, 2.75) is 281 Å². The van der Waals surface area contributed by atoms with Crippen molar-refractivity contribution in [3.05, 3.63) is 120 Å². The molecule has 1 aliphatic heterocycles. The quantitative estimate of drug-likeness (QED) is 0.0189. The highest BCUT2D eigenvalue weighted by molar-refractivity contribution is 8.00. The highest BCUT2D eigenvalue weighted by Crippen LogP contribution is 2.23. The van der Waals surface area contributed by atoms with E-state index in [2.05, 4.69) is 89.7 Å². The number of para-hydroxylation sites is 1. The molecule has 0 unspecified atom stereocenters. The molecule has 2 heterocycles. The first kappa shape index (κ1) is 117. The van der Waals surface area contributed by atoms with Crippen LogP contribution in [0.1, 0.15) is 163 Å². The number of carboxylic acid groups (broad SMARTS) is 4. The number of nitrogens with two attached hydrogens (primary N) is 2. The maximum absolute atomic E-state index is 14.9. The van der Waals surface area contributed by atoms with Crippen LogP contribution in [-0.2, 0) is 115 Å². The molecule has 0 saturated carbocycles. The maximum Gasteiger partial charge on any atom is 0.326 e. The second kappa shape index (κ2) is 59.0. The molecule has 27 N–H and O–H groups in total. The lowest BCUT2D eigenvalue weighted by atomic mass is 9.97. The number of hydrogen-bond donors (Lipinski definition) is 25. The van der Waals surface area contributed by atoms with Crippen LogP contribution in [0.5, 0.6) is 0 Å². The van der Waals surface area contributed by atoms with Gasteiger partial charge in [-0.1, -0.05) is 127 Å². The molecule has 47 nitrogen and oxygen atoms in total. The number of aromatic nitrogens is 2. The third kappa shape index (κ3) is 40.1. The van der Waals surface area contributed by atoms with E-state index in [1.165, 1.54) is 26.4 Å². The summed E-state index contributed by atoms with van der Waals surface area (Å²) in [5, 5.41) is 109. The number of thioether (sulfide) groups is 1. The standard InChI is InChI=1S/C92H134N20O27S/c1-11-49(6)73(108-83(129)64(41-71(119)120)101-77(123)50(7)97-80(126)63(40-57-43-95-46-96-57)103-81(127)61(38-54-24-15-12-16-25-54)105-89(135)75(52(9)114)109-82(128)62(39-55-26-17-13-18-27-55)102-78(124)58(94)36-47(2)3)87(133)107-67(44-140-45-69(116)98-56-28-19-14-20-29-56)85(131)111-76(53(10)115)90(136)106-66(37-48(4)5)91(137)112-35-23-31-68(112)86(132)104-65(42-72(121)122)84(130)110-74(51(8)113)88(134)99-59(32-33-70(117)118)79(125)100-60(92(138)139)30-21-22-34-93/h12-20,24-29,43,46-53,58-68,73-76,113-115H,11,21-23,30-42,44-45,93-94H2,1-10H3,(H,95,96)(H,97,126)(H,98,116)(H,99,134)(H,100,125)(H,101,123)(H,102,124)(H,103,127)(H,104,132)(H,105,135)(H,106,136)(H,107,133)(H,108,129)(H,109,128)(H,110,130)(H,111,131)(H,117,118)(H,119,120)(H,121,122)(H,138,139)/t49-,50-,51+,52+,53+,58-,59-,60-,61-,62-,63-,64-,65-,66-,67-,68-,73-,74-,75-,76-/m0/s1. The number of carbonyl (C=O) groups excluding carboxylic acids is 16. The second-order valence-electron chi connectivity index (χ2n) is 35.2. The number of amides is 16. The van der Waals surface area contributed by atoms with E-state index in [0.29, 0.717) is 23.2 Å². The van der Waals surface area contributed by atoms with Crippen LogP contribution in [0.4, 0.5) is 5.69 Å². The van der Waals surface area contributed by atoms with Gasteiger partial charge in [0.15, 0.2) is 0 Å². The Morgan fingerprint density at radius 2 is 0.871 bits per heavy atom. The highest BCUT2D eigenvalue weighted by atomic mass is 32.2. The minimum Gasteiger partial charge on any atom is -0.481 e. The number of aromatic amines is 1. The zero-order chi connectivity index (χ0) is 104. The molecule has 1 fully saturated rings. The maximum atomic E-state index is 14.9. The normalized spacial score (nSPS) is 16.4. The molecule has 48 heteroatoms. The van der Waals surface area contributed by atoms with Gasteiger partial charge in [-0.15, -0.1) is 11.8 Å². The van der Waals surface area contributed by atoms with Gasteiger partial charge in [-0.25, -0.2) is 9.78 Å². The molecule has 0 radical (unpaired) electrons. The monoisotopic (exact) mass is 1980 g/mol. The van der Waals surface area contributed by atoms with E-state index in [1.807, 2.05) is 13.8 Å². The summed E-state index contributed by atoms with van der Waals surface area (Å²) >= 11 is 0.786. The molecule has 0 bridgehead atoms. The van der Waals surface area contributed by atoms with Crippen LogP contribution in [0, 0.1) is 17.8 Å². The number of rotatable bonds is 61. The minimum atomic E-state index is -2.08. The summed E-state index contributed by atoms with van der Waals surface area (Å²) in [6.07, 6.45) is -6.47. The van der Waals surface area contributed by atoms with Crippen LogP contribution in [0.3, 0.4) is 0 Å². The molecule has 140 heavy (non-hydrogen) atoms. The fraction of sp³-hybridized carbons (Fsp3) is 0.554. The number of likely N-dealkylation sites (tertiary alicyclic amines) is 1. The number of unbranched alkanes of at least 4 members (excludes halogenated alkanes) is 1. The second-order valence-corrected chi connectivity index (χ2v) is 36.2. The minimum absolute atomic E-state index is 0.00490. The SMILES string of the molecule is CC[C@H](C)[C@H](NC(=O)[C@H](CC(=O)O)NC(=O)[C@H](C)NC(=O)[C@H](Cc1c[nH]cn1)NC(=O)[C@H](Cc1ccccc1)NC(=O)[C@@H](NC(=O)[C@H](Cc1ccccc1)NC(=O)[C@@H](N)CC(C)C)[C@@H](C)O)C(=O)N[C@@H](CSCC(=O)Nc1ccccc1)C(=O)N[C@H](C(=O)N[C@@H](CC(C)C)C(=O)N1CCC[C@H]1C(=O)N[C@@H](CC(=O)O)C(=O)N[C@H](C(=O)N[C@@H](CCC(=O)O)C(=O)N[C@@H](CCCCN)C(=O)O)[C@@H](C)O)[C@@H](C)O. The topological polar surface area (TPSA) is 747 Å². The van der Waals surface area contributed by atoms with E-state index < -0.39 is 283 Å². The van der Waals surface area contributed by atoms with Crippen molar-refractivity contribution in [3.8, 4) is 0 Å². The zero-order valence-electron chi connectivity index (χ0n) is 79.7. The van der Waals surface area contributed by atoms with Gasteiger partial charge in [-0.2, -0.15) is 0 Å².